The summed E-state index contributed by atoms with van der Waals surface area (Å²) in [5, 5.41) is 1.69. The van der Waals surface area contributed by atoms with Crippen molar-refractivity contribution in [3.05, 3.63) is 35.4 Å². The van der Waals surface area contributed by atoms with E-state index in [1.54, 1.807) is 0 Å². The van der Waals surface area contributed by atoms with Crippen LogP contribution in [-0.4, -0.2) is 37.2 Å². The molecule has 0 bridgehead atoms. The summed E-state index contributed by atoms with van der Waals surface area (Å²) in [6.45, 7) is 0. The highest BCUT2D eigenvalue weighted by Gasteiger charge is 2.37. The second-order valence-electron chi connectivity index (χ2n) is 4.30. The Balaban J connectivity index is 2.11. The van der Waals surface area contributed by atoms with Gasteiger partial charge in [-0.15, -0.1) is 11.6 Å². The lowest BCUT2D eigenvalue weighted by Crippen LogP contribution is -2.40. The summed E-state index contributed by atoms with van der Waals surface area (Å²) >= 11 is 5.82. The molecule has 19 heavy (non-hydrogen) atoms. The molecular formula is C11H10ClF2NO3S. The SMILES string of the molecule is O=C(NC1CS(=O)(=O)CC1Cl)c1ccc(F)c(F)c1. The number of sulfone groups is 1. The molecule has 1 aromatic carbocycles. The zero-order valence-electron chi connectivity index (χ0n) is 9.57. The van der Waals surface area contributed by atoms with Gasteiger partial charge in [0.05, 0.1) is 22.9 Å². The van der Waals surface area contributed by atoms with Crippen LogP contribution in [0.25, 0.3) is 0 Å². The van der Waals surface area contributed by atoms with Crippen LogP contribution in [0.4, 0.5) is 8.78 Å². The van der Waals surface area contributed by atoms with Crippen molar-refractivity contribution in [2.24, 2.45) is 0 Å². The van der Waals surface area contributed by atoms with Gasteiger partial charge in [0.1, 0.15) is 0 Å². The maximum absolute atomic E-state index is 13.0. The summed E-state index contributed by atoms with van der Waals surface area (Å²) in [5.41, 5.74) is -0.0907. The van der Waals surface area contributed by atoms with E-state index in [1.807, 2.05) is 0 Å². The minimum Gasteiger partial charge on any atom is -0.347 e. The van der Waals surface area contributed by atoms with Crippen LogP contribution in [0.2, 0.25) is 0 Å². The molecule has 1 aromatic rings. The molecule has 4 nitrogen and oxygen atoms in total. The van der Waals surface area contributed by atoms with Crippen molar-refractivity contribution in [1.82, 2.24) is 5.32 Å². The molecule has 1 fully saturated rings. The molecule has 0 aliphatic carbocycles. The van der Waals surface area contributed by atoms with Crippen LogP contribution < -0.4 is 5.32 Å². The molecule has 0 saturated carbocycles. The summed E-state index contributed by atoms with van der Waals surface area (Å²) < 4.78 is 48.3. The van der Waals surface area contributed by atoms with Gasteiger partial charge in [-0.1, -0.05) is 0 Å². The predicted molar refractivity (Wildman–Crippen MR) is 65.9 cm³/mol. The molecule has 0 radical (unpaired) electrons. The number of rotatable bonds is 2. The van der Waals surface area contributed by atoms with Crippen molar-refractivity contribution >= 4 is 27.3 Å². The standard InChI is InChI=1S/C11H10ClF2NO3S/c12-7-4-19(17,18)5-10(7)15-11(16)6-1-2-8(13)9(14)3-6/h1-3,7,10H,4-5H2,(H,15,16). The van der Waals surface area contributed by atoms with Crippen LogP contribution in [0.3, 0.4) is 0 Å². The van der Waals surface area contributed by atoms with Crippen molar-refractivity contribution in [2.45, 2.75) is 11.4 Å². The zero-order valence-corrected chi connectivity index (χ0v) is 11.1. The van der Waals surface area contributed by atoms with Crippen LogP contribution in [0.15, 0.2) is 18.2 Å². The van der Waals surface area contributed by atoms with Gasteiger partial charge in [0.25, 0.3) is 5.91 Å². The molecular weight excluding hydrogens is 300 g/mol. The van der Waals surface area contributed by atoms with Crippen LogP contribution in [0.1, 0.15) is 10.4 Å². The molecule has 2 unspecified atom stereocenters. The Hall–Kier alpha value is -1.21. The first kappa shape index (κ1) is 14.2. The molecule has 1 aliphatic rings. The third-order valence-electron chi connectivity index (χ3n) is 2.78. The second-order valence-corrected chi connectivity index (χ2v) is 7.02. The summed E-state index contributed by atoms with van der Waals surface area (Å²) in [6.07, 6.45) is 0. The van der Waals surface area contributed by atoms with Gasteiger partial charge in [-0.2, -0.15) is 0 Å². The van der Waals surface area contributed by atoms with Crippen molar-refractivity contribution in [3.8, 4) is 0 Å². The molecule has 1 saturated heterocycles. The fourth-order valence-corrected chi connectivity index (χ4v) is 4.38. The Bertz CT molecular complexity index is 620. The lowest BCUT2D eigenvalue weighted by Gasteiger charge is -2.14. The number of hydrogen-bond donors (Lipinski definition) is 1. The first-order chi connectivity index (χ1) is 8.78. The van der Waals surface area contributed by atoms with Crippen molar-refractivity contribution < 1.29 is 22.0 Å². The average molecular weight is 310 g/mol. The largest absolute Gasteiger partial charge is 0.347 e. The van der Waals surface area contributed by atoms with Crippen LogP contribution >= 0.6 is 11.6 Å². The van der Waals surface area contributed by atoms with Gasteiger partial charge >= 0.3 is 0 Å². The normalized spacial score (nSPS) is 25.2. The van der Waals surface area contributed by atoms with Gasteiger partial charge in [-0.25, -0.2) is 17.2 Å². The summed E-state index contributed by atoms with van der Waals surface area (Å²) in [4.78, 5) is 11.8. The van der Waals surface area contributed by atoms with E-state index in [0.717, 1.165) is 18.2 Å². The number of amides is 1. The number of nitrogens with one attached hydrogen (secondary N) is 1. The van der Waals surface area contributed by atoms with Crippen LogP contribution in [0, 0.1) is 11.6 Å². The van der Waals surface area contributed by atoms with Crippen LogP contribution in [0.5, 0.6) is 0 Å². The van der Waals surface area contributed by atoms with Gasteiger partial charge in [0, 0.05) is 5.56 Å². The number of alkyl halides is 1. The Morgan fingerprint density at radius 3 is 2.47 bits per heavy atom. The quantitative estimate of drug-likeness (QED) is 0.832. The lowest BCUT2D eigenvalue weighted by atomic mass is 10.1. The first-order valence-electron chi connectivity index (χ1n) is 5.39. The summed E-state index contributed by atoms with van der Waals surface area (Å²) in [5.74, 6) is -3.36. The zero-order chi connectivity index (χ0) is 14.2. The lowest BCUT2D eigenvalue weighted by molar-refractivity contribution is 0.0941. The van der Waals surface area contributed by atoms with Crippen LogP contribution in [-0.2, 0) is 9.84 Å². The third kappa shape index (κ3) is 3.22. The Morgan fingerprint density at radius 1 is 1.26 bits per heavy atom. The van der Waals surface area contributed by atoms with Gasteiger partial charge < -0.3 is 5.32 Å². The Morgan fingerprint density at radius 2 is 1.95 bits per heavy atom. The minimum atomic E-state index is -3.27. The highest BCUT2D eigenvalue weighted by molar-refractivity contribution is 7.91. The molecule has 2 rings (SSSR count). The number of carbonyl (C=O) groups excluding carboxylic acids is 1. The fourth-order valence-electron chi connectivity index (χ4n) is 1.83. The number of halogens is 3. The molecule has 1 heterocycles. The number of carbonyl (C=O) groups is 1. The van der Waals surface area contributed by atoms with Crippen molar-refractivity contribution in [2.75, 3.05) is 11.5 Å². The molecule has 8 heteroatoms. The van der Waals surface area contributed by atoms with Gasteiger partial charge in [-0.3, -0.25) is 4.79 Å². The maximum Gasteiger partial charge on any atom is 0.251 e. The molecule has 104 valence electrons. The number of benzene rings is 1. The predicted octanol–water partition coefficient (Wildman–Crippen LogP) is 1.10. The van der Waals surface area contributed by atoms with E-state index in [1.165, 1.54) is 0 Å². The van der Waals surface area contributed by atoms with E-state index in [9.17, 15) is 22.0 Å². The smallest absolute Gasteiger partial charge is 0.251 e. The van der Waals surface area contributed by atoms with E-state index in [-0.39, 0.29) is 17.1 Å². The van der Waals surface area contributed by atoms with E-state index in [2.05, 4.69) is 5.32 Å². The molecule has 1 N–H and O–H groups in total. The van der Waals surface area contributed by atoms with Crippen molar-refractivity contribution in [3.63, 3.8) is 0 Å². The minimum absolute atomic E-state index is 0.0907. The monoisotopic (exact) mass is 309 g/mol. The van der Waals surface area contributed by atoms with E-state index in [4.69, 9.17) is 11.6 Å². The summed E-state index contributed by atoms with van der Waals surface area (Å²) in [6, 6.07) is 1.96. The third-order valence-corrected chi connectivity index (χ3v) is 5.16. The Kier molecular flexibility index (Phi) is 3.78. The highest BCUT2D eigenvalue weighted by Crippen LogP contribution is 2.18. The molecule has 0 aromatic heterocycles. The van der Waals surface area contributed by atoms with Gasteiger partial charge in [-0.05, 0) is 18.2 Å². The van der Waals surface area contributed by atoms with Crippen molar-refractivity contribution in [1.29, 1.82) is 0 Å². The average Bonchev–Trinajstić information content (AvgIpc) is 2.55. The van der Waals surface area contributed by atoms with E-state index >= 15 is 0 Å². The van der Waals surface area contributed by atoms with Gasteiger partial charge in [0.2, 0.25) is 0 Å². The highest BCUT2D eigenvalue weighted by atomic mass is 35.5. The van der Waals surface area contributed by atoms with Gasteiger partial charge in [0.15, 0.2) is 21.5 Å². The maximum atomic E-state index is 13.0. The molecule has 0 spiro atoms. The molecule has 1 aliphatic heterocycles. The van der Waals surface area contributed by atoms with E-state index in [0.29, 0.717) is 0 Å². The number of hydrogen-bond acceptors (Lipinski definition) is 3. The molecule has 2 atom stereocenters. The topological polar surface area (TPSA) is 63.2 Å². The first-order valence-corrected chi connectivity index (χ1v) is 7.65. The molecule has 1 amide bonds. The Labute approximate surface area is 113 Å². The fraction of sp³-hybridized carbons (Fsp3) is 0.364. The van der Waals surface area contributed by atoms with E-state index < -0.39 is 38.8 Å². The second kappa shape index (κ2) is 5.05. The summed E-state index contributed by atoms with van der Waals surface area (Å²) in [7, 11) is -3.27.